The third kappa shape index (κ3) is 3.31. The Balaban J connectivity index is 0.000000150. The normalized spacial score (nSPS) is 19.8. The van der Waals surface area contributed by atoms with Gasteiger partial charge in [-0.05, 0) is 37.3 Å². The van der Waals surface area contributed by atoms with E-state index in [4.69, 9.17) is 0 Å². The molecule has 1 unspecified atom stereocenters. The molecular formula is C25H20O4. The van der Waals surface area contributed by atoms with Gasteiger partial charge in [0.1, 0.15) is 0 Å². The molecule has 0 saturated carbocycles. The van der Waals surface area contributed by atoms with E-state index in [9.17, 15) is 19.2 Å². The molecule has 0 amide bonds. The highest BCUT2D eigenvalue weighted by molar-refractivity contribution is 6.27. The van der Waals surface area contributed by atoms with Crippen LogP contribution >= 0.6 is 0 Å². The van der Waals surface area contributed by atoms with Crippen LogP contribution in [0.25, 0.3) is 0 Å². The number of carbonyl (C=O) groups excluding carboxylic acids is 4. The summed E-state index contributed by atoms with van der Waals surface area (Å²) in [5.41, 5.74) is 3.73. The summed E-state index contributed by atoms with van der Waals surface area (Å²) in [4.78, 5) is 47.1. The fourth-order valence-electron chi connectivity index (χ4n) is 4.19. The van der Waals surface area contributed by atoms with Gasteiger partial charge in [0.25, 0.3) is 0 Å². The van der Waals surface area contributed by atoms with E-state index in [0.29, 0.717) is 22.3 Å². The van der Waals surface area contributed by atoms with Crippen LogP contribution in [0, 0.1) is 5.92 Å². The Labute approximate surface area is 168 Å². The van der Waals surface area contributed by atoms with Crippen LogP contribution in [0.3, 0.4) is 0 Å². The molecule has 4 heteroatoms. The molecule has 0 aliphatic heterocycles. The van der Waals surface area contributed by atoms with E-state index in [1.54, 1.807) is 36.4 Å². The van der Waals surface area contributed by atoms with Crippen LogP contribution in [-0.2, 0) is 0 Å². The third-order valence-electron chi connectivity index (χ3n) is 5.66. The summed E-state index contributed by atoms with van der Waals surface area (Å²) in [5, 5.41) is 0. The molecule has 0 saturated heterocycles. The van der Waals surface area contributed by atoms with Crippen LogP contribution in [0.15, 0.2) is 71.8 Å². The first-order valence-electron chi connectivity index (χ1n) is 9.76. The minimum absolute atomic E-state index is 0.0711. The Morgan fingerprint density at radius 3 is 1.72 bits per heavy atom. The topological polar surface area (TPSA) is 68.3 Å². The van der Waals surface area contributed by atoms with Crippen molar-refractivity contribution in [3.8, 4) is 0 Å². The number of allylic oxidation sites excluding steroid dienone is 4. The maximum atomic E-state index is 12.4. The van der Waals surface area contributed by atoms with Crippen molar-refractivity contribution >= 4 is 23.1 Å². The summed E-state index contributed by atoms with van der Waals surface area (Å²) >= 11 is 0. The van der Waals surface area contributed by atoms with E-state index in [0.717, 1.165) is 30.4 Å². The molecule has 1 atom stereocenters. The Kier molecular flexibility index (Phi) is 4.93. The molecule has 0 radical (unpaired) electrons. The summed E-state index contributed by atoms with van der Waals surface area (Å²) in [5.74, 6) is 0.183. The summed E-state index contributed by atoms with van der Waals surface area (Å²) in [6, 6.07) is 14.0. The number of benzene rings is 2. The molecule has 0 aromatic heterocycles. The van der Waals surface area contributed by atoms with Crippen molar-refractivity contribution in [1.29, 1.82) is 0 Å². The lowest BCUT2D eigenvalue weighted by Gasteiger charge is -2.28. The molecule has 3 aliphatic rings. The van der Waals surface area contributed by atoms with E-state index < -0.39 is 0 Å². The van der Waals surface area contributed by atoms with Gasteiger partial charge in [-0.25, -0.2) is 0 Å². The second kappa shape index (κ2) is 7.55. The van der Waals surface area contributed by atoms with E-state index in [2.05, 4.69) is 0 Å². The number of hydrogen-bond acceptors (Lipinski definition) is 4. The molecular weight excluding hydrogens is 364 g/mol. The molecule has 3 aliphatic carbocycles. The Bertz CT molecular complexity index is 1080. The highest BCUT2D eigenvalue weighted by atomic mass is 16.1. The van der Waals surface area contributed by atoms with Gasteiger partial charge in [-0.3, -0.25) is 19.2 Å². The molecule has 0 heterocycles. The predicted octanol–water partition coefficient (Wildman–Crippen LogP) is 4.80. The quantitative estimate of drug-likeness (QED) is 0.654. The zero-order chi connectivity index (χ0) is 20.5. The second-order valence-corrected chi connectivity index (χ2v) is 7.50. The first-order chi connectivity index (χ1) is 14.0. The van der Waals surface area contributed by atoms with Gasteiger partial charge >= 0.3 is 0 Å². The molecule has 0 fully saturated rings. The molecule has 5 rings (SSSR count). The van der Waals surface area contributed by atoms with Crippen LogP contribution in [-0.4, -0.2) is 23.1 Å². The van der Waals surface area contributed by atoms with Crippen molar-refractivity contribution < 1.29 is 19.2 Å². The molecule has 0 spiro atoms. The number of carbonyl (C=O) groups is 4. The lowest BCUT2D eigenvalue weighted by molar-refractivity contribution is 0.0956. The van der Waals surface area contributed by atoms with Gasteiger partial charge in [-0.15, -0.1) is 0 Å². The summed E-state index contributed by atoms with van der Waals surface area (Å²) in [6.07, 6.45) is 5.41. The van der Waals surface area contributed by atoms with Crippen molar-refractivity contribution in [3.05, 3.63) is 94.1 Å². The van der Waals surface area contributed by atoms with Gasteiger partial charge in [-0.2, -0.15) is 0 Å². The zero-order valence-electron chi connectivity index (χ0n) is 16.1. The van der Waals surface area contributed by atoms with Crippen molar-refractivity contribution in [2.24, 2.45) is 5.92 Å². The minimum atomic E-state index is -0.0924. The number of rotatable bonds is 0. The van der Waals surface area contributed by atoms with Crippen molar-refractivity contribution in [3.63, 3.8) is 0 Å². The van der Waals surface area contributed by atoms with Crippen molar-refractivity contribution in [2.75, 3.05) is 0 Å². The largest absolute Gasteiger partial charge is 0.289 e. The van der Waals surface area contributed by atoms with Gasteiger partial charge in [0, 0.05) is 33.4 Å². The minimum Gasteiger partial charge on any atom is -0.289 e. The van der Waals surface area contributed by atoms with E-state index >= 15 is 0 Å². The maximum Gasteiger partial charge on any atom is 0.190 e. The van der Waals surface area contributed by atoms with E-state index in [-0.39, 0.29) is 29.1 Å². The smallest absolute Gasteiger partial charge is 0.190 e. The molecule has 2 aromatic carbocycles. The number of Topliss-reactive ketones (excluding diaryl/α,β-unsaturated/α-hetero) is 2. The second-order valence-electron chi connectivity index (χ2n) is 7.50. The lowest BCUT2D eigenvalue weighted by Crippen LogP contribution is -2.27. The SMILES string of the molecule is CC1CCCC2=C1C(=O)c1ccccc1C2=O.O=C1C=CC(=O)c2ccccc21. The van der Waals surface area contributed by atoms with E-state index in [1.807, 2.05) is 19.1 Å². The Morgan fingerprint density at radius 2 is 1.17 bits per heavy atom. The van der Waals surface area contributed by atoms with Gasteiger partial charge in [0.15, 0.2) is 23.1 Å². The molecule has 29 heavy (non-hydrogen) atoms. The molecule has 0 bridgehead atoms. The average molecular weight is 384 g/mol. The van der Waals surface area contributed by atoms with Gasteiger partial charge < -0.3 is 0 Å². The monoisotopic (exact) mass is 384 g/mol. The highest BCUT2D eigenvalue weighted by Gasteiger charge is 2.35. The lowest BCUT2D eigenvalue weighted by atomic mass is 9.73. The predicted molar refractivity (Wildman–Crippen MR) is 109 cm³/mol. The molecule has 0 N–H and O–H groups in total. The average Bonchev–Trinajstić information content (AvgIpc) is 2.75. The molecule has 4 nitrogen and oxygen atoms in total. The van der Waals surface area contributed by atoms with Crippen molar-refractivity contribution in [1.82, 2.24) is 0 Å². The maximum absolute atomic E-state index is 12.4. The zero-order valence-corrected chi connectivity index (χ0v) is 16.1. The van der Waals surface area contributed by atoms with Crippen LogP contribution in [0.1, 0.15) is 67.6 Å². The van der Waals surface area contributed by atoms with Gasteiger partial charge in [0.05, 0.1) is 0 Å². The van der Waals surface area contributed by atoms with Crippen LogP contribution in [0.2, 0.25) is 0 Å². The van der Waals surface area contributed by atoms with Gasteiger partial charge in [0.2, 0.25) is 0 Å². The van der Waals surface area contributed by atoms with Crippen molar-refractivity contribution in [2.45, 2.75) is 26.2 Å². The molecule has 2 aromatic rings. The third-order valence-corrected chi connectivity index (χ3v) is 5.66. The fourth-order valence-corrected chi connectivity index (χ4v) is 4.19. The Hall–Kier alpha value is -3.40. The fraction of sp³-hybridized carbons (Fsp3) is 0.200. The first kappa shape index (κ1) is 18.9. The number of ketones is 4. The van der Waals surface area contributed by atoms with Crippen LogP contribution < -0.4 is 0 Å². The Morgan fingerprint density at radius 1 is 0.690 bits per heavy atom. The van der Waals surface area contributed by atoms with E-state index in [1.165, 1.54) is 12.2 Å². The number of fused-ring (bicyclic) bond motifs is 2. The van der Waals surface area contributed by atoms with Gasteiger partial charge in [-0.1, -0.05) is 55.5 Å². The summed E-state index contributed by atoms with van der Waals surface area (Å²) in [7, 11) is 0. The summed E-state index contributed by atoms with van der Waals surface area (Å²) in [6.45, 7) is 2.05. The van der Waals surface area contributed by atoms with Crippen LogP contribution in [0.5, 0.6) is 0 Å². The summed E-state index contributed by atoms with van der Waals surface area (Å²) < 4.78 is 0. The highest BCUT2D eigenvalue weighted by Crippen LogP contribution is 2.38. The van der Waals surface area contributed by atoms with Crippen LogP contribution in [0.4, 0.5) is 0 Å². The standard InChI is InChI=1S/C15H14O2.C10H6O2/c1-9-5-4-8-12-13(9)15(17)11-7-3-2-6-10(11)14(12)16;11-9-5-6-10(12)8-4-2-1-3-7(8)9/h2-3,6-7,9H,4-5,8H2,1H3;1-6H. The molecule has 144 valence electrons. The number of hydrogen-bond donors (Lipinski definition) is 0. The first-order valence-corrected chi connectivity index (χ1v) is 9.76.